The molecular formula is C19H27ClN4O. The summed E-state index contributed by atoms with van der Waals surface area (Å²) in [5.74, 6) is 0.683. The smallest absolute Gasteiger partial charge is 0.0991 e. The number of ether oxygens (including phenoxy) is 1. The van der Waals surface area contributed by atoms with E-state index in [9.17, 15) is 0 Å². The third-order valence-corrected chi connectivity index (χ3v) is 5.32. The zero-order valence-corrected chi connectivity index (χ0v) is 15.3. The number of hydrogen-bond acceptors (Lipinski definition) is 4. The van der Waals surface area contributed by atoms with E-state index in [4.69, 9.17) is 4.74 Å². The van der Waals surface area contributed by atoms with Crippen LogP contribution >= 0.6 is 12.4 Å². The van der Waals surface area contributed by atoms with Gasteiger partial charge in [0.1, 0.15) is 0 Å². The lowest BCUT2D eigenvalue weighted by molar-refractivity contribution is 0.0524. The molecule has 5 nitrogen and oxygen atoms in total. The Kier molecular flexibility index (Phi) is 6.48. The van der Waals surface area contributed by atoms with Crippen LogP contribution in [0.2, 0.25) is 0 Å². The summed E-state index contributed by atoms with van der Waals surface area (Å²) in [6, 6.07) is 9.76. The maximum atomic E-state index is 5.66. The number of halogens is 1. The lowest BCUT2D eigenvalue weighted by Gasteiger charge is -2.33. The second kappa shape index (κ2) is 8.81. The van der Waals surface area contributed by atoms with Crippen molar-refractivity contribution < 1.29 is 4.74 Å². The Bertz CT molecular complexity index is 643. The van der Waals surface area contributed by atoms with Crippen LogP contribution in [0.5, 0.6) is 0 Å². The van der Waals surface area contributed by atoms with E-state index in [2.05, 4.69) is 39.9 Å². The van der Waals surface area contributed by atoms with Gasteiger partial charge in [0.2, 0.25) is 0 Å². The van der Waals surface area contributed by atoms with Crippen molar-refractivity contribution in [3.63, 3.8) is 0 Å². The second-order valence-electron chi connectivity index (χ2n) is 6.86. The molecule has 1 aliphatic heterocycles. The highest BCUT2D eigenvalue weighted by Crippen LogP contribution is 2.29. The van der Waals surface area contributed by atoms with E-state index in [-0.39, 0.29) is 12.4 Å². The number of nitrogens with one attached hydrogen (secondary N) is 2. The van der Waals surface area contributed by atoms with Crippen LogP contribution in [0.4, 0.5) is 0 Å². The molecular weight excluding hydrogens is 336 g/mol. The Morgan fingerprint density at radius 3 is 3.08 bits per heavy atom. The minimum Gasteiger partial charge on any atom is -0.379 e. The Balaban J connectivity index is 0.00000182. The molecule has 1 aliphatic carbocycles. The van der Waals surface area contributed by atoms with E-state index in [1.807, 2.05) is 23.3 Å². The van der Waals surface area contributed by atoms with E-state index >= 15 is 0 Å². The van der Waals surface area contributed by atoms with Crippen molar-refractivity contribution in [3.05, 3.63) is 48.5 Å². The normalized spacial score (nSPS) is 26.3. The standard InChI is InChI=1S/C19H26N4O.ClH/c1-3-15(11-16(4-1)23-9-7-20-14-23)12-22-18-6-2-5-17(18)19-13-24-10-8-21-19;/h1,3-4,7,9,11,14,17-19,21-22H,2,5-6,8,10,12-13H2;1H. The Morgan fingerprint density at radius 1 is 1.32 bits per heavy atom. The van der Waals surface area contributed by atoms with Gasteiger partial charge in [0.25, 0.3) is 0 Å². The van der Waals surface area contributed by atoms with Crippen molar-refractivity contribution in [1.82, 2.24) is 20.2 Å². The lowest BCUT2D eigenvalue weighted by Crippen LogP contribution is -2.50. The first-order valence-electron chi connectivity index (χ1n) is 9.02. The number of nitrogens with zero attached hydrogens (tertiary/aromatic N) is 2. The molecule has 1 aromatic heterocycles. The fraction of sp³-hybridized carbons (Fsp3) is 0.526. The monoisotopic (exact) mass is 362 g/mol. The van der Waals surface area contributed by atoms with Crippen LogP contribution in [-0.2, 0) is 11.3 Å². The van der Waals surface area contributed by atoms with Gasteiger partial charge in [-0.15, -0.1) is 12.4 Å². The molecule has 2 N–H and O–H groups in total. The summed E-state index contributed by atoms with van der Waals surface area (Å²) in [5.41, 5.74) is 2.48. The fourth-order valence-electron chi connectivity index (χ4n) is 4.07. The number of benzene rings is 1. The predicted octanol–water partition coefficient (Wildman–Crippen LogP) is 2.54. The van der Waals surface area contributed by atoms with Gasteiger partial charge in [-0.05, 0) is 36.5 Å². The number of hydrogen-bond donors (Lipinski definition) is 2. The van der Waals surface area contributed by atoms with Crippen LogP contribution < -0.4 is 10.6 Å². The predicted molar refractivity (Wildman–Crippen MR) is 101 cm³/mol. The molecule has 3 atom stereocenters. The highest BCUT2D eigenvalue weighted by Gasteiger charge is 2.34. The molecule has 136 valence electrons. The van der Waals surface area contributed by atoms with Gasteiger partial charge in [-0.25, -0.2) is 4.98 Å². The van der Waals surface area contributed by atoms with Crippen LogP contribution in [0.3, 0.4) is 0 Å². The summed E-state index contributed by atoms with van der Waals surface area (Å²) in [6.45, 7) is 3.61. The van der Waals surface area contributed by atoms with Crippen molar-refractivity contribution >= 4 is 12.4 Å². The molecule has 2 aromatic rings. The first-order valence-corrected chi connectivity index (χ1v) is 9.02. The van der Waals surface area contributed by atoms with Gasteiger partial charge >= 0.3 is 0 Å². The van der Waals surface area contributed by atoms with Crippen LogP contribution in [-0.4, -0.2) is 41.4 Å². The maximum Gasteiger partial charge on any atom is 0.0991 e. The Morgan fingerprint density at radius 2 is 2.28 bits per heavy atom. The minimum atomic E-state index is 0. The third-order valence-electron chi connectivity index (χ3n) is 5.32. The largest absolute Gasteiger partial charge is 0.379 e. The summed E-state index contributed by atoms with van der Waals surface area (Å²) in [7, 11) is 0. The molecule has 4 rings (SSSR count). The van der Waals surface area contributed by atoms with Gasteiger partial charge in [0.05, 0.1) is 19.5 Å². The summed E-state index contributed by atoms with van der Waals surface area (Å²) < 4.78 is 7.71. The average Bonchev–Trinajstić information content (AvgIpc) is 3.33. The third kappa shape index (κ3) is 4.42. The zero-order chi connectivity index (χ0) is 16.2. The molecule has 0 spiro atoms. The van der Waals surface area contributed by atoms with Crippen LogP contribution in [0.15, 0.2) is 43.0 Å². The maximum absolute atomic E-state index is 5.66. The summed E-state index contributed by atoms with van der Waals surface area (Å²) in [6.07, 6.45) is 9.52. The van der Waals surface area contributed by atoms with Gasteiger partial charge in [-0.3, -0.25) is 0 Å². The van der Waals surface area contributed by atoms with Gasteiger partial charge in [-0.1, -0.05) is 18.6 Å². The van der Waals surface area contributed by atoms with Gasteiger partial charge in [0, 0.05) is 43.3 Å². The molecule has 2 aliphatic rings. The van der Waals surface area contributed by atoms with Crippen molar-refractivity contribution in [3.8, 4) is 5.69 Å². The lowest BCUT2D eigenvalue weighted by atomic mass is 9.94. The molecule has 3 unspecified atom stereocenters. The van der Waals surface area contributed by atoms with Crippen molar-refractivity contribution in [2.24, 2.45) is 5.92 Å². The second-order valence-corrected chi connectivity index (χ2v) is 6.86. The highest BCUT2D eigenvalue weighted by atomic mass is 35.5. The van der Waals surface area contributed by atoms with Crippen LogP contribution in [0, 0.1) is 5.92 Å². The minimum absolute atomic E-state index is 0. The van der Waals surface area contributed by atoms with Crippen molar-refractivity contribution in [1.29, 1.82) is 0 Å². The van der Waals surface area contributed by atoms with E-state index in [0.29, 0.717) is 18.0 Å². The summed E-state index contributed by atoms with van der Waals surface area (Å²) in [4.78, 5) is 4.13. The molecule has 25 heavy (non-hydrogen) atoms. The fourth-order valence-corrected chi connectivity index (χ4v) is 4.07. The molecule has 1 saturated carbocycles. The quantitative estimate of drug-likeness (QED) is 0.858. The summed E-state index contributed by atoms with van der Waals surface area (Å²) in [5, 5.41) is 7.44. The molecule has 2 fully saturated rings. The van der Waals surface area contributed by atoms with Crippen molar-refractivity contribution in [2.75, 3.05) is 19.8 Å². The molecule has 1 saturated heterocycles. The SMILES string of the molecule is Cl.c1cc(CNC2CCCC2C2COCCN2)cc(-n2ccnc2)c1. The molecule has 2 heterocycles. The van der Waals surface area contributed by atoms with Crippen molar-refractivity contribution in [2.45, 2.75) is 37.9 Å². The molecule has 0 amide bonds. The van der Waals surface area contributed by atoms with Gasteiger partial charge < -0.3 is 19.9 Å². The Hall–Kier alpha value is -1.40. The number of imidazole rings is 1. The number of morpholine rings is 1. The summed E-state index contributed by atoms with van der Waals surface area (Å²) >= 11 is 0. The van der Waals surface area contributed by atoms with E-state index in [1.54, 1.807) is 0 Å². The number of rotatable bonds is 5. The number of aromatic nitrogens is 2. The topological polar surface area (TPSA) is 51.1 Å². The first kappa shape index (κ1) is 18.4. The van der Waals surface area contributed by atoms with Crippen LogP contribution in [0.25, 0.3) is 5.69 Å². The van der Waals surface area contributed by atoms with Gasteiger partial charge in [0.15, 0.2) is 0 Å². The molecule has 1 aromatic carbocycles. The van der Waals surface area contributed by atoms with E-state index in [0.717, 1.165) is 32.0 Å². The molecule has 6 heteroatoms. The molecule has 0 bridgehead atoms. The average molecular weight is 363 g/mol. The molecule has 0 radical (unpaired) electrons. The van der Waals surface area contributed by atoms with E-state index in [1.165, 1.54) is 24.8 Å². The first-order chi connectivity index (χ1) is 11.9. The highest BCUT2D eigenvalue weighted by molar-refractivity contribution is 5.85. The van der Waals surface area contributed by atoms with Gasteiger partial charge in [-0.2, -0.15) is 0 Å². The zero-order valence-electron chi connectivity index (χ0n) is 14.4. The van der Waals surface area contributed by atoms with E-state index < -0.39 is 0 Å². The van der Waals surface area contributed by atoms with Crippen LogP contribution in [0.1, 0.15) is 24.8 Å². The Labute approximate surface area is 155 Å².